The Morgan fingerprint density at radius 3 is 2.78 bits per heavy atom. The molecule has 18 heavy (non-hydrogen) atoms. The number of carbonyl (C=O) groups excluding carboxylic acids is 1. The molecule has 1 atom stereocenters. The van der Waals surface area contributed by atoms with Crippen LogP contribution < -0.4 is 0 Å². The fourth-order valence-corrected chi connectivity index (χ4v) is 1.68. The number of benzene rings is 1. The average molecular weight is 255 g/mol. The standard InChI is InChI=1S/C13H18FNO3/c1-15(9-11(16)7-13(17)18-2)8-10-5-3-4-6-12(10)14/h3-6,11,16H,7-9H2,1-2H3. The largest absolute Gasteiger partial charge is 0.469 e. The van der Waals surface area contributed by atoms with Gasteiger partial charge in [-0.25, -0.2) is 4.39 Å². The first-order chi connectivity index (χ1) is 8.52. The molecule has 0 saturated carbocycles. The molecule has 1 aromatic rings. The van der Waals surface area contributed by atoms with Crippen LogP contribution in [0.4, 0.5) is 4.39 Å². The Morgan fingerprint density at radius 1 is 1.50 bits per heavy atom. The van der Waals surface area contributed by atoms with Crippen LogP contribution in [0.2, 0.25) is 0 Å². The highest BCUT2D eigenvalue weighted by Crippen LogP contribution is 2.09. The summed E-state index contributed by atoms with van der Waals surface area (Å²) in [6.07, 6.45) is -0.868. The SMILES string of the molecule is COC(=O)CC(O)CN(C)Cc1ccccc1F. The van der Waals surface area contributed by atoms with E-state index in [-0.39, 0.29) is 18.8 Å². The fourth-order valence-electron chi connectivity index (χ4n) is 1.68. The van der Waals surface area contributed by atoms with E-state index in [1.54, 1.807) is 30.1 Å². The van der Waals surface area contributed by atoms with Gasteiger partial charge in [0.2, 0.25) is 0 Å². The molecule has 0 fully saturated rings. The summed E-state index contributed by atoms with van der Waals surface area (Å²) in [5.41, 5.74) is 0.560. The molecule has 0 bridgehead atoms. The molecular formula is C13H18FNO3. The molecule has 0 radical (unpaired) electrons. The third-order valence-corrected chi connectivity index (χ3v) is 2.55. The number of ether oxygens (including phenoxy) is 1. The lowest BCUT2D eigenvalue weighted by Gasteiger charge is -2.20. The number of hydrogen-bond acceptors (Lipinski definition) is 4. The molecule has 1 N–H and O–H groups in total. The number of rotatable bonds is 6. The van der Waals surface area contributed by atoms with Crippen LogP contribution in [0.15, 0.2) is 24.3 Å². The Bertz CT molecular complexity index is 398. The lowest BCUT2D eigenvalue weighted by atomic mass is 10.2. The van der Waals surface area contributed by atoms with E-state index in [1.165, 1.54) is 13.2 Å². The molecule has 1 unspecified atom stereocenters. The van der Waals surface area contributed by atoms with Crippen molar-refractivity contribution >= 4 is 5.97 Å². The molecular weight excluding hydrogens is 237 g/mol. The Hall–Kier alpha value is -1.46. The van der Waals surface area contributed by atoms with Crippen molar-refractivity contribution in [3.8, 4) is 0 Å². The monoisotopic (exact) mass is 255 g/mol. The first kappa shape index (κ1) is 14.6. The summed E-state index contributed by atoms with van der Waals surface area (Å²) >= 11 is 0. The highest BCUT2D eigenvalue weighted by Gasteiger charge is 2.14. The van der Waals surface area contributed by atoms with E-state index >= 15 is 0 Å². The molecule has 0 aliphatic carbocycles. The highest BCUT2D eigenvalue weighted by atomic mass is 19.1. The number of esters is 1. The lowest BCUT2D eigenvalue weighted by molar-refractivity contribution is -0.143. The summed E-state index contributed by atoms with van der Waals surface area (Å²) in [4.78, 5) is 12.7. The van der Waals surface area contributed by atoms with Crippen LogP contribution >= 0.6 is 0 Å². The first-order valence-electron chi connectivity index (χ1n) is 5.69. The van der Waals surface area contributed by atoms with Gasteiger partial charge in [-0.05, 0) is 13.1 Å². The molecule has 0 spiro atoms. The van der Waals surface area contributed by atoms with E-state index in [1.807, 2.05) is 0 Å². The summed E-state index contributed by atoms with van der Waals surface area (Å²) < 4.78 is 17.9. The summed E-state index contributed by atoms with van der Waals surface area (Å²) in [5, 5.41) is 9.63. The van der Waals surface area contributed by atoms with Crippen LogP contribution in [0.3, 0.4) is 0 Å². The quantitative estimate of drug-likeness (QED) is 0.776. The van der Waals surface area contributed by atoms with Gasteiger partial charge in [-0.2, -0.15) is 0 Å². The van der Waals surface area contributed by atoms with Crippen LogP contribution in [-0.2, 0) is 16.1 Å². The van der Waals surface area contributed by atoms with Gasteiger partial charge in [-0.1, -0.05) is 18.2 Å². The molecule has 0 amide bonds. The third kappa shape index (κ3) is 4.81. The van der Waals surface area contributed by atoms with Crippen LogP contribution in [0.5, 0.6) is 0 Å². The maximum Gasteiger partial charge on any atom is 0.308 e. The molecule has 0 aliphatic rings. The maximum absolute atomic E-state index is 13.4. The molecule has 4 nitrogen and oxygen atoms in total. The van der Waals surface area contributed by atoms with Gasteiger partial charge in [0.1, 0.15) is 5.82 Å². The molecule has 0 heterocycles. The van der Waals surface area contributed by atoms with Crippen molar-refractivity contribution in [2.45, 2.75) is 19.1 Å². The van der Waals surface area contributed by atoms with Gasteiger partial charge in [0.25, 0.3) is 0 Å². The van der Waals surface area contributed by atoms with Gasteiger partial charge in [0, 0.05) is 18.7 Å². The van der Waals surface area contributed by atoms with E-state index in [0.29, 0.717) is 12.1 Å². The Balaban J connectivity index is 2.44. The van der Waals surface area contributed by atoms with Crippen molar-refractivity contribution in [3.63, 3.8) is 0 Å². The Kier molecular flexibility index (Phi) is 5.74. The second-order valence-corrected chi connectivity index (χ2v) is 4.22. The normalized spacial score (nSPS) is 12.5. The molecule has 1 aromatic carbocycles. The van der Waals surface area contributed by atoms with Crippen LogP contribution in [0, 0.1) is 5.82 Å². The van der Waals surface area contributed by atoms with Crippen LogP contribution in [0.1, 0.15) is 12.0 Å². The number of aliphatic hydroxyl groups is 1. The number of carbonyl (C=O) groups is 1. The van der Waals surface area contributed by atoms with E-state index in [2.05, 4.69) is 4.74 Å². The Morgan fingerprint density at radius 2 is 2.17 bits per heavy atom. The van der Waals surface area contributed by atoms with Crippen molar-refractivity contribution in [1.82, 2.24) is 4.90 Å². The second kappa shape index (κ2) is 7.08. The maximum atomic E-state index is 13.4. The number of halogens is 1. The topological polar surface area (TPSA) is 49.8 Å². The van der Waals surface area contributed by atoms with E-state index in [4.69, 9.17) is 0 Å². The number of hydrogen-bond donors (Lipinski definition) is 1. The zero-order valence-electron chi connectivity index (χ0n) is 10.6. The number of likely N-dealkylation sites (N-methyl/N-ethyl adjacent to an activating group) is 1. The van der Waals surface area contributed by atoms with Crippen molar-refractivity contribution in [1.29, 1.82) is 0 Å². The van der Waals surface area contributed by atoms with Crippen molar-refractivity contribution < 1.29 is 19.0 Å². The number of methoxy groups -OCH3 is 1. The van der Waals surface area contributed by atoms with E-state index < -0.39 is 12.1 Å². The minimum atomic E-state index is -0.811. The third-order valence-electron chi connectivity index (χ3n) is 2.55. The minimum Gasteiger partial charge on any atom is -0.469 e. The zero-order valence-corrected chi connectivity index (χ0v) is 10.6. The molecule has 0 aromatic heterocycles. The molecule has 0 saturated heterocycles. The van der Waals surface area contributed by atoms with Gasteiger partial charge in [-0.15, -0.1) is 0 Å². The summed E-state index contributed by atoms with van der Waals surface area (Å²) in [7, 11) is 3.03. The predicted molar refractivity (Wildman–Crippen MR) is 65.4 cm³/mol. The predicted octanol–water partition coefficient (Wildman–Crippen LogP) is 1.18. The van der Waals surface area contributed by atoms with Crippen molar-refractivity contribution in [3.05, 3.63) is 35.6 Å². The average Bonchev–Trinajstić information content (AvgIpc) is 2.31. The highest BCUT2D eigenvalue weighted by molar-refractivity contribution is 5.69. The number of nitrogens with zero attached hydrogens (tertiary/aromatic N) is 1. The van der Waals surface area contributed by atoms with Gasteiger partial charge >= 0.3 is 5.97 Å². The Labute approximate surface area is 106 Å². The van der Waals surface area contributed by atoms with Gasteiger partial charge < -0.3 is 9.84 Å². The van der Waals surface area contributed by atoms with Crippen LogP contribution in [0.25, 0.3) is 0 Å². The van der Waals surface area contributed by atoms with E-state index in [0.717, 1.165) is 0 Å². The van der Waals surface area contributed by atoms with Crippen LogP contribution in [-0.4, -0.2) is 42.8 Å². The zero-order chi connectivity index (χ0) is 13.5. The molecule has 0 aliphatic heterocycles. The first-order valence-corrected chi connectivity index (χ1v) is 5.69. The summed E-state index contributed by atoms with van der Waals surface area (Å²) in [5.74, 6) is -0.728. The minimum absolute atomic E-state index is 0.0574. The number of aliphatic hydroxyl groups excluding tert-OH is 1. The van der Waals surface area contributed by atoms with E-state index in [9.17, 15) is 14.3 Å². The smallest absolute Gasteiger partial charge is 0.308 e. The van der Waals surface area contributed by atoms with Gasteiger partial charge in [0.15, 0.2) is 0 Å². The lowest BCUT2D eigenvalue weighted by Crippen LogP contribution is -2.30. The second-order valence-electron chi connectivity index (χ2n) is 4.22. The van der Waals surface area contributed by atoms with Gasteiger partial charge in [-0.3, -0.25) is 9.69 Å². The van der Waals surface area contributed by atoms with Gasteiger partial charge in [0.05, 0.1) is 19.6 Å². The van der Waals surface area contributed by atoms with Crippen molar-refractivity contribution in [2.75, 3.05) is 20.7 Å². The molecule has 100 valence electrons. The summed E-state index contributed by atoms with van der Waals surface area (Å²) in [6.45, 7) is 0.661. The van der Waals surface area contributed by atoms with Crippen molar-refractivity contribution in [2.24, 2.45) is 0 Å². The summed E-state index contributed by atoms with van der Waals surface area (Å²) in [6, 6.07) is 6.48. The fraction of sp³-hybridized carbons (Fsp3) is 0.462. The molecule has 1 rings (SSSR count). The molecule has 5 heteroatoms.